The van der Waals surface area contributed by atoms with Crippen molar-refractivity contribution in [2.24, 2.45) is 5.73 Å². The van der Waals surface area contributed by atoms with Gasteiger partial charge in [-0.05, 0) is 37.3 Å². The maximum atomic E-state index is 6.07. The van der Waals surface area contributed by atoms with Crippen LogP contribution in [0.4, 0.5) is 0 Å². The van der Waals surface area contributed by atoms with Crippen molar-refractivity contribution in [2.75, 3.05) is 0 Å². The van der Waals surface area contributed by atoms with Crippen molar-refractivity contribution >= 4 is 0 Å². The van der Waals surface area contributed by atoms with E-state index in [0.29, 0.717) is 12.6 Å². The summed E-state index contributed by atoms with van der Waals surface area (Å²) in [6, 6.07) is 4.08. The molecule has 2 N–H and O–H groups in total. The third-order valence-corrected chi connectivity index (χ3v) is 3.71. The van der Waals surface area contributed by atoms with Crippen LogP contribution in [0, 0.1) is 0 Å². The van der Waals surface area contributed by atoms with Crippen LogP contribution in [-0.4, -0.2) is 11.1 Å². The molecule has 1 saturated carbocycles. The summed E-state index contributed by atoms with van der Waals surface area (Å²) in [7, 11) is 0. The Morgan fingerprint density at radius 1 is 1.21 bits per heavy atom. The molecule has 0 aromatic carbocycles. The minimum absolute atomic E-state index is 0.0237. The Labute approximate surface area is 116 Å². The van der Waals surface area contributed by atoms with E-state index in [2.05, 4.69) is 31.8 Å². The van der Waals surface area contributed by atoms with Crippen LogP contribution >= 0.6 is 0 Å². The zero-order chi connectivity index (χ0) is 13.9. The fraction of sp³-hybridized carbons (Fsp3) is 0.688. The second-order valence-corrected chi connectivity index (χ2v) is 6.53. The van der Waals surface area contributed by atoms with Gasteiger partial charge in [-0.3, -0.25) is 0 Å². The van der Waals surface area contributed by atoms with Crippen molar-refractivity contribution < 1.29 is 4.74 Å². The Kier molecular flexibility index (Phi) is 4.46. The third kappa shape index (κ3) is 3.93. The van der Waals surface area contributed by atoms with Crippen molar-refractivity contribution in [1.29, 1.82) is 0 Å². The van der Waals surface area contributed by atoms with Crippen LogP contribution in [0.15, 0.2) is 12.1 Å². The number of rotatable bonds is 3. The normalized spacial score (nSPS) is 17.5. The van der Waals surface area contributed by atoms with E-state index in [9.17, 15) is 0 Å². The lowest BCUT2D eigenvalue weighted by Crippen LogP contribution is -2.22. The number of aromatic nitrogens is 1. The van der Waals surface area contributed by atoms with Gasteiger partial charge in [-0.2, -0.15) is 0 Å². The van der Waals surface area contributed by atoms with E-state index in [-0.39, 0.29) is 5.41 Å². The zero-order valence-electron chi connectivity index (χ0n) is 12.4. The molecule has 0 radical (unpaired) electrons. The van der Waals surface area contributed by atoms with Crippen LogP contribution in [0.3, 0.4) is 0 Å². The summed E-state index contributed by atoms with van der Waals surface area (Å²) < 4.78 is 6.07. The first kappa shape index (κ1) is 14.3. The molecule has 0 bridgehead atoms. The van der Waals surface area contributed by atoms with E-state index in [4.69, 9.17) is 10.5 Å². The minimum Gasteiger partial charge on any atom is -0.474 e. The number of hydrogen-bond donors (Lipinski definition) is 1. The van der Waals surface area contributed by atoms with Crippen molar-refractivity contribution in [3.8, 4) is 5.88 Å². The summed E-state index contributed by atoms with van der Waals surface area (Å²) in [6.07, 6.45) is 6.52. The maximum Gasteiger partial charge on any atom is 0.214 e. The number of nitrogens with zero attached hydrogens (tertiary/aromatic N) is 1. The molecule has 0 aliphatic heterocycles. The summed E-state index contributed by atoms with van der Waals surface area (Å²) in [5.74, 6) is 0.750. The van der Waals surface area contributed by atoms with Crippen molar-refractivity contribution in [2.45, 2.75) is 70.9 Å². The van der Waals surface area contributed by atoms with Gasteiger partial charge < -0.3 is 10.5 Å². The average Bonchev–Trinajstić information content (AvgIpc) is 2.38. The Hall–Kier alpha value is -1.09. The highest BCUT2D eigenvalue weighted by Crippen LogP contribution is 2.27. The molecule has 2 rings (SSSR count). The van der Waals surface area contributed by atoms with E-state index in [1.165, 1.54) is 19.3 Å². The Balaban J connectivity index is 2.19. The van der Waals surface area contributed by atoms with Gasteiger partial charge in [0.05, 0.1) is 5.69 Å². The maximum absolute atomic E-state index is 6.07. The van der Waals surface area contributed by atoms with Gasteiger partial charge in [0.2, 0.25) is 5.88 Å². The quantitative estimate of drug-likeness (QED) is 0.906. The van der Waals surface area contributed by atoms with Gasteiger partial charge in [0.15, 0.2) is 0 Å². The highest BCUT2D eigenvalue weighted by Gasteiger charge is 2.20. The van der Waals surface area contributed by atoms with E-state index in [1.54, 1.807) is 0 Å². The molecule has 1 heterocycles. The van der Waals surface area contributed by atoms with E-state index >= 15 is 0 Å². The molecule has 3 heteroatoms. The molecule has 1 aromatic rings. The summed E-state index contributed by atoms with van der Waals surface area (Å²) >= 11 is 0. The van der Waals surface area contributed by atoms with Gasteiger partial charge in [0.25, 0.3) is 0 Å². The molecule has 19 heavy (non-hydrogen) atoms. The first-order valence-electron chi connectivity index (χ1n) is 7.37. The molecular weight excluding hydrogens is 236 g/mol. The molecular formula is C16H26N2O. The van der Waals surface area contributed by atoms with Crippen LogP contribution in [0.2, 0.25) is 0 Å². The summed E-state index contributed by atoms with van der Waals surface area (Å²) in [6.45, 7) is 7.03. The zero-order valence-corrected chi connectivity index (χ0v) is 12.4. The van der Waals surface area contributed by atoms with Crippen molar-refractivity contribution in [3.05, 3.63) is 23.4 Å². The van der Waals surface area contributed by atoms with Crippen LogP contribution in [0.25, 0.3) is 0 Å². The fourth-order valence-corrected chi connectivity index (χ4v) is 2.48. The van der Waals surface area contributed by atoms with Gasteiger partial charge >= 0.3 is 0 Å². The van der Waals surface area contributed by atoms with Crippen LogP contribution < -0.4 is 10.5 Å². The predicted octanol–water partition coefficient (Wildman–Crippen LogP) is 3.55. The molecule has 1 aromatic heterocycles. The molecule has 0 saturated heterocycles. The minimum atomic E-state index is 0.0237. The molecule has 1 aliphatic carbocycles. The smallest absolute Gasteiger partial charge is 0.214 e. The molecule has 0 atom stereocenters. The van der Waals surface area contributed by atoms with Crippen LogP contribution in [0.1, 0.15) is 64.1 Å². The molecule has 1 fully saturated rings. The van der Waals surface area contributed by atoms with Gasteiger partial charge in [0.1, 0.15) is 6.10 Å². The van der Waals surface area contributed by atoms with Gasteiger partial charge in [0, 0.05) is 18.0 Å². The number of nitrogens with two attached hydrogens (primary N) is 1. The highest BCUT2D eigenvalue weighted by atomic mass is 16.5. The molecule has 0 spiro atoms. The highest BCUT2D eigenvalue weighted by molar-refractivity contribution is 5.28. The van der Waals surface area contributed by atoms with Crippen LogP contribution in [0.5, 0.6) is 5.88 Å². The second-order valence-electron chi connectivity index (χ2n) is 6.53. The first-order chi connectivity index (χ1) is 8.99. The SMILES string of the molecule is CC(C)(C)c1cc(CN)cc(OC2CCCCC2)n1. The molecule has 0 amide bonds. The lowest BCUT2D eigenvalue weighted by molar-refractivity contribution is 0.148. The standard InChI is InChI=1S/C16H26N2O/c1-16(2,3)14-9-12(11-17)10-15(18-14)19-13-7-5-4-6-8-13/h9-10,13H,4-8,11,17H2,1-3H3. The summed E-state index contributed by atoms with van der Waals surface area (Å²) in [4.78, 5) is 4.67. The molecule has 3 nitrogen and oxygen atoms in total. The largest absolute Gasteiger partial charge is 0.474 e. The van der Waals surface area contributed by atoms with Gasteiger partial charge in [-0.15, -0.1) is 0 Å². The van der Waals surface area contributed by atoms with E-state index < -0.39 is 0 Å². The van der Waals surface area contributed by atoms with E-state index in [1.807, 2.05) is 6.07 Å². The lowest BCUT2D eigenvalue weighted by atomic mass is 9.91. The van der Waals surface area contributed by atoms with Crippen molar-refractivity contribution in [1.82, 2.24) is 4.98 Å². The third-order valence-electron chi connectivity index (χ3n) is 3.71. The second kappa shape index (κ2) is 5.91. The van der Waals surface area contributed by atoms with Crippen LogP contribution in [-0.2, 0) is 12.0 Å². The number of ether oxygens (including phenoxy) is 1. The van der Waals surface area contributed by atoms with Crippen molar-refractivity contribution in [3.63, 3.8) is 0 Å². The molecule has 0 unspecified atom stereocenters. The Morgan fingerprint density at radius 3 is 2.47 bits per heavy atom. The lowest BCUT2D eigenvalue weighted by Gasteiger charge is -2.24. The topological polar surface area (TPSA) is 48.1 Å². The first-order valence-corrected chi connectivity index (χ1v) is 7.37. The monoisotopic (exact) mass is 262 g/mol. The van der Waals surface area contributed by atoms with Gasteiger partial charge in [-0.25, -0.2) is 4.98 Å². The van der Waals surface area contributed by atoms with E-state index in [0.717, 1.165) is 30.0 Å². The Bertz CT molecular complexity index is 417. The Morgan fingerprint density at radius 2 is 1.89 bits per heavy atom. The average molecular weight is 262 g/mol. The summed E-state index contributed by atoms with van der Waals surface area (Å²) in [5, 5.41) is 0. The van der Waals surface area contributed by atoms with Gasteiger partial charge in [-0.1, -0.05) is 27.2 Å². The fourth-order valence-electron chi connectivity index (χ4n) is 2.48. The summed E-state index contributed by atoms with van der Waals surface area (Å²) in [5.41, 5.74) is 7.96. The number of pyridine rings is 1. The molecule has 106 valence electrons. The predicted molar refractivity (Wildman–Crippen MR) is 78.3 cm³/mol. The number of hydrogen-bond acceptors (Lipinski definition) is 3. The molecule has 1 aliphatic rings.